The second kappa shape index (κ2) is 9.72. The van der Waals surface area contributed by atoms with E-state index in [-0.39, 0.29) is 6.61 Å². The minimum Gasteiger partial charge on any atom is -0.497 e. The number of carbonyl (C=O) groups is 3. The summed E-state index contributed by atoms with van der Waals surface area (Å²) in [5.74, 6) is -1.22. The highest BCUT2D eigenvalue weighted by atomic mass is 16.5. The summed E-state index contributed by atoms with van der Waals surface area (Å²) in [7, 11) is 1.53. The molecular weight excluding hydrogens is 364 g/mol. The van der Waals surface area contributed by atoms with Crippen LogP contribution in [0.4, 0.5) is 5.69 Å². The third-order valence-electron chi connectivity index (χ3n) is 3.53. The summed E-state index contributed by atoms with van der Waals surface area (Å²) in [6.45, 7) is 1.45. The van der Waals surface area contributed by atoms with Crippen LogP contribution in [0.25, 0.3) is 0 Å². The van der Waals surface area contributed by atoms with Crippen molar-refractivity contribution >= 4 is 29.1 Å². The largest absolute Gasteiger partial charge is 0.497 e. The second-order valence-corrected chi connectivity index (χ2v) is 5.60. The molecule has 2 aromatic carbocycles. The SMILES string of the molecule is COc1ccc(NC(=O)C(=O)N/N=C(\C)c2ccc(OCC(N)=O)cc2)cc1. The highest BCUT2D eigenvalue weighted by Crippen LogP contribution is 2.15. The Balaban J connectivity index is 1.90. The van der Waals surface area contributed by atoms with E-state index in [0.29, 0.717) is 28.5 Å². The molecule has 0 radical (unpaired) electrons. The molecule has 2 aromatic rings. The maximum Gasteiger partial charge on any atom is 0.329 e. The predicted molar refractivity (Wildman–Crippen MR) is 103 cm³/mol. The molecule has 146 valence electrons. The molecule has 0 saturated heterocycles. The zero-order valence-electron chi connectivity index (χ0n) is 15.4. The van der Waals surface area contributed by atoms with Crippen molar-refractivity contribution < 1.29 is 23.9 Å². The van der Waals surface area contributed by atoms with E-state index in [2.05, 4.69) is 15.8 Å². The van der Waals surface area contributed by atoms with Crippen LogP contribution in [0.2, 0.25) is 0 Å². The minimum atomic E-state index is -0.906. The molecule has 2 rings (SSSR count). The third-order valence-corrected chi connectivity index (χ3v) is 3.53. The number of methoxy groups -OCH3 is 1. The van der Waals surface area contributed by atoms with Crippen LogP contribution in [0.1, 0.15) is 12.5 Å². The van der Waals surface area contributed by atoms with Crippen LogP contribution in [0.5, 0.6) is 11.5 Å². The van der Waals surface area contributed by atoms with Crippen molar-refractivity contribution in [2.45, 2.75) is 6.92 Å². The van der Waals surface area contributed by atoms with Gasteiger partial charge >= 0.3 is 11.8 Å². The number of nitrogens with one attached hydrogen (secondary N) is 2. The van der Waals surface area contributed by atoms with Crippen molar-refractivity contribution in [2.24, 2.45) is 10.8 Å². The van der Waals surface area contributed by atoms with Gasteiger partial charge in [0.15, 0.2) is 6.61 Å². The summed E-state index contributed by atoms with van der Waals surface area (Å²) in [6, 6.07) is 13.2. The van der Waals surface area contributed by atoms with E-state index < -0.39 is 17.7 Å². The van der Waals surface area contributed by atoms with Gasteiger partial charge in [-0.15, -0.1) is 0 Å². The molecule has 0 saturated carbocycles. The molecule has 0 fully saturated rings. The Bertz CT molecular complexity index is 876. The van der Waals surface area contributed by atoms with Gasteiger partial charge in [-0.05, 0) is 61.0 Å². The molecule has 9 nitrogen and oxygen atoms in total. The lowest BCUT2D eigenvalue weighted by atomic mass is 10.1. The molecule has 0 spiro atoms. The number of ether oxygens (including phenoxy) is 2. The highest BCUT2D eigenvalue weighted by Gasteiger charge is 2.13. The molecule has 4 N–H and O–H groups in total. The average molecular weight is 384 g/mol. The number of hydrogen-bond donors (Lipinski definition) is 3. The zero-order valence-corrected chi connectivity index (χ0v) is 15.4. The van der Waals surface area contributed by atoms with E-state index in [0.717, 1.165) is 0 Å². The first-order valence-electron chi connectivity index (χ1n) is 8.20. The van der Waals surface area contributed by atoms with Crippen molar-refractivity contribution in [1.29, 1.82) is 0 Å². The molecule has 0 aliphatic rings. The lowest BCUT2D eigenvalue weighted by molar-refractivity contribution is -0.136. The lowest BCUT2D eigenvalue weighted by Gasteiger charge is -2.07. The summed E-state index contributed by atoms with van der Waals surface area (Å²) in [5, 5.41) is 6.37. The van der Waals surface area contributed by atoms with Crippen LogP contribution in [-0.2, 0) is 14.4 Å². The monoisotopic (exact) mass is 384 g/mol. The van der Waals surface area contributed by atoms with E-state index in [4.69, 9.17) is 15.2 Å². The van der Waals surface area contributed by atoms with Gasteiger partial charge < -0.3 is 20.5 Å². The normalized spacial score (nSPS) is 10.7. The lowest BCUT2D eigenvalue weighted by Crippen LogP contribution is -2.32. The first-order chi connectivity index (χ1) is 13.4. The van der Waals surface area contributed by atoms with Crippen LogP contribution in [0.3, 0.4) is 0 Å². The molecule has 0 unspecified atom stereocenters. The number of rotatable bonds is 7. The molecule has 0 aliphatic heterocycles. The number of nitrogens with two attached hydrogens (primary N) is 1. The molecule has 0 heterocycles. The third kappa shape index (κ3) is 6.13. The number of amides is 3. The minimum absolute atomic E-state index is 0.216. The Hall–Kier alpha value is -3.88. The number of hydrogen-bond acceptors (Lipinski definition) is 6. The van der Waals surface area contributed by atoms with Crippen LogP contribution in [0, 0.1) is 0 Å². The molecule has 0 aliphatic carbocycles. The van der Waals surface area contributed by atoms with Gasteiger partial charge in [-0.25, -0.2) is 5.43 Å². The maximum atomic E-state index is 11.9. The van der Waals surface area contributed by atoms with Crippen molar-refractivity contribution in [3.8, 4) is 11.5 Å². The van der Waals surface area contributed by atoms with Gasteiger partial charge in [-0.2, -0.15) is 5.10 Å². The Kier molecular flexibility index (Phi) is 7.09. The fraction of sp³-hybridized carbons (Fsp3) is 0.158. The summed E-state index contributed by atoms with van der Waals surface area (Å²) in [6.07, 6.45) is 0. The first kappa shape index (κ1) is 20.4. The molecule has 28 heavy (non-hydrogen) atoms. The van der Waals surface area contributed by atoms with Gasteiger partial charge in [0.25, 0.3) is 5.91 Å². The topological polar surface area (TPSA) is 132 Å². The number of anilines is 1. The summed E-state index contributed by atoms with van der Waals surface area (Å²) < 4.78 is 10.2. The van der Waals surface area contributed by atoms with Crippen LogP contribution < -0.4 is 25.9 Å². The van der Waals surface area contributed by atoms with Gasteiger partial charge in [0.2, 0.25) is 0 Å². The van der Waals surface area contributed by atoms with Crippen LogP contribution in [0.15, 0.2) is 53.6 Å². The number of primary amides is 1. The fourth-order valence-electron chi connectivity index (χ4n) is 2.06. The van der Waals surface area contributed by atoms with Gasteiger partial charge in [0, 0.05) is 5.69 Å². The fourth-order valence-corrected chi connectivity index (χ4v) is 2.06. The van der Waals surface area contributed by atoms with Gasteiger partial charge in [0.1, 0.15) is 11.5 Å². The van der Waals surface area contributed by atoms with E-state index in [1.54, 1.807) is 55.5 Å². The number of nitrogens with zero attached hydrogens (tertiary/aromatic N) is 1. The van der Waals surface area contributed by atoms with E-state index in [9.17, 15) is 14.4 Å². The van der Waals surface area contributed by atoms with Gasteiger partial charge in [-0.3, -0.25) is 14.4 Å². The molecule has 9 heteroatoms. The van der Waals surface area contributed by atoms with Crippen molar-refractivity contribution in [3.63, 3.8) is 0 Å². The average Bonchev–Trinajstić information content (AvgIpc) is 2.71. The Morgan fingerprint density at radius 1 is 0.964 bits per heavy atom. The Morgan fingerprint density at radius 3 is 2.14 bits per heavy atom. The number of carbonyl (C=O) groups excluding carboxylic acids is 3. The Morgan fingerprint density at radius 2 is 1.57 bits per heavy atom. The van der Waals surface area contributed by atoms with E-state index >= 15 is 0 Å². The molecule has 0 aromatic heterocycles. The quantitative estimate of drug-likeness (QED) is 0.373. The van der Waals surface area contributed by atoms with Crippen LogP contribution in [-0.4, -0.2) is 37.1 Å². The molecule has 0 atom stereocenters. The summed E-state index contributed by atoms with van der Waals surface area (Å²) in [4.78, 5) is 34.5. The summed E-state index contributed by atoms with van der Waals surface area (Å²) >= 11 is 0. The molecule has 3 amide bonds. The second-order valence-electron chi connectivity index (χ2n) is 5.60. The van der Waals surface area contributed by atoms with Gasteiger partial charge in [-0.1, -0.05) is 0 Å². The predicted octanol–water partition coefficient (Wildman–Crippen LogP) is 1.04. The first-order valence-corrected chi connectivity index (χ1v) is 8.20. The van der Waals surface area contributed by atoms with Crippen LogP contribution >= 0.6 is 0 Å². The van der Waals surface area contributed by atoms with E-state index in [1.165, 1.54) is 7.11 Å². The van der Waals surface area contributed by atoms with Gasteiger partial charge in [0.05, 0.1) is 12.8 Å². The van der Waals surface area contributed by atoms with Crippen molar-refractivity contribution in [2.75, 3.05) is 19.0 Å². The maximum absolute atomic E-state index is 11.9. The zero-order chi connectivity index (χ0) is 20.5. The van der Waals surface area contributed by atoms with Crippen molar-refractivity contribution in [3.05, 3.63) is 54.1 Å². The summed E-state index contributed by atoms with van der Waals surface area (Å²) in [5.41, 5.74) is 8.84. The van der Waals surface area contributed by atoms with E-state index in [1.807, 2.05) is 0 Å². The number of benzene rings is 2. The standard InChI is InChI=1S/C19H20N4O5/c1-12(13-3-7-16(8-4-13)28-11-17(20)24)22-23-19(26)18(25)21-14-5-9-15(27-2)10-6-14/h3-10H,11H2,1-2H3,(H2,20,24)(H,21,25)(H,23,26)/b22-12+. The smallest absolute Gasteiger partial charge is 0.329 e. The number of hydrazone groups is 1. The Labute approximate surface area is 161 Å². The van der Waals surface area contributed by atoms with Crippen molar-refractivity contribution in [1.82, 2.24) is 5.43 Å². The highest BCUT2D eigenvalue weighted by molar-refractivity contribution is 6.39. The molecule has 0 bridgehead atoms. The molecular formula is C19H20N4O5.